The van der Waals surface area contributed by atoms with Crippen LogP contribution in [0.4, 0.5) is 0 Å². The van der Waals surface area contributed by atoms with Gasteiger partial charge in [0.15, 0.2) is 11.2 Å². The maximum absolute atomic E-state index is 6.60. The van der Waals surface area contributed by atoms with E-state index in [-0.39, 0.29) is 0 Å². The monoisotopic (exact) mass is 493 g/mol. The maximum Gasteiger partial charge on any atom is 0.160 e. The second-order valence-corrected chi connectivity index (χ2v) is 16.5. The van der Waals surface area contributed by atoms with Crippen molar-refractivity contribution >= 4 is 95.2 Å². The Labute approximate surface area is 212 Å². The van der Waals surface area contributed by atoms with Crippen molar-refractivity contribution in [3.8, 4) is 0 Å². The van der Waals surface area contributed by atoms with Gasteiger partial charge in [-0.05, 0) is 24.3 Å². The molecule has 4 heteroatoms. The van der Waals surface area contributed by atoms with E-state index in [1.165, 1.54) is 32.2 Å². The molecule has 9 aromatic rings. The summed E-state index contributed by atoms with van der Waals surface area (Å²) in [6.45, 7) is 7.28. The van der Waals surface area contributed by atoms with Crippen molar-refractivity contribution in [3.63, 3.8) is 0 Å². The molecule has 0 radical (unpaired) electrons. The van der Waals surface area contributed by atoms with Crippen LogP contribution in [0.2, 0.25) is 19.6 Å². The Hall–Kier alpha value is -4.28. The van der Waals surface area contributed by atoms with Gasteiger partial charge < -0.3 is 13.2 Å². The van der Waals surface area contributed by atoms with E-state index >= 15 is 0 Å². The zero-order chi connectivity index (χ0) is 24.6. The molecule has 0 fully saturated rings. The molecule has 0 aliphatic heterocycles. The van der Waals surface area contributed by atoms with Gasteiger partial charge >= 0.3 is 0 Å². The minimum atomic E-state index is -1.57. The van der Waals surface area contributed by atoms with Gasteiger partial charge in [0.1, 0.15) is 11.2 Å². The number of para-hydroxylation sites is 2. The molecule has 0 saturated heterocycles. The summed E-state index contributed by atoms with van der Waals surface area (Å²) in [6, 6.07) is 30.6. The Morgan fingerprint density at radius 1 is 0.486 bits per heavy atom. The number of furan rings is 2. The van der Waals surface area contributed by atoms with Crippen LogP contribution in [0, 0.1) is 0 Å². The second kappa shape index (κ2) is 6.34. The Balaban J connectivity index is 1.64. The van der Waals surface area contributed by atoms with Gasteiger partial charge in [-0.2, -0.15) is 0 Å². The molecule has 0 bridgehead atoms. The first-order valence-electron chi connectivity index (χ1n) is 12.9. The number of aromatic nitrogens is 1. The highest BCUT2D eigenvalue weighted by Gasteiger charge is 2.27. The number of nitrogens with zero attached hydrogens (tertiary/aromatic N) is 1. The van der Waals surface area contributed by atoms with Crippen molar-refractivity contribution in [2.75, 3.05) is 0 Å². The lowest BCUT2D eigenvalue weighted by Crippen LogP contribution is -2.37. The number of hydrogen-bond donors (Lipinski definition) is 0. The highest BCUT2D eigenvalue weighted by molar-refractivity contribution is 6.89. The summed E-state index contributed by atoms with van der Waals surface area (Å²) in [5.41, 5.74) is 7.24. The maximum atomic E-state index is 6.60. The van der Waals surface area contributed by atoms with Crippen molar-refractivity contribution in [1.82, 2.24) is 4.40 Å². The van der Waals surface area contributed by atoms with Crippen molar-refractivity contribution in [1.29, 1.82) is 0 Å². The molecule has 3 nitrogen and oxygen atoms in total. The Kier molecular flexibility index (Phi) is 3.40. The average molecular weight is 494 g/mol. The smallest absolute Gasteiger partial charge is 0.160 e. The summed E-state index contributed by atoms with van der Waals surface area (Å²) in [4.78, 5) is 0. The molecule has 4 heterocycles. The van der Waals surface area contributed by atoms with E-state index in [2.05, 4.69) is 96.8 Å². The Morgan fingerprint density at radius 2 is 0.946 bits per heavy atom. The standard InChI is InChI=1S/C33H23NO2Si/c1-37(2,3)18-16-25-21-12-14-23-19-8-4-6-10-27(19)35-32(23)30(21)34-29(25)26(17-18)22-13-15-24-20-9-5-7-11-28(20)36-33(24)31(22)34/h4-17H,1-3H3. The first-order valence-corrected chi connectivity index (χ1v) is 16.4. The van der Waals surface area contributed by atoms with Gasteiger partial charge in [0, 0.05) is 43.1 Å². The largest absolute Gasteiger partial charge is 0.454 e. The normalized spacial score (nSPS) is 13.3. The Bertz CT molecular complexity index is 2240. The predicted molar refractivity (Wildman–Crippen MR) is 159 cm³/mol. The molecular formula is C33H23NO2Si. The number of fused-ring (bicyclic) bond motifs is 14. The fourth-order valence-electron chi connectivity index (χ4n) is 6.48. The quantitative estimate of drug-likeness (QED) is 0.213. The van der Waals surface area contributed by atoms with Crippen LogP contribution >= 0.6 is 0 Å². The van der Waals surface area contributed by atoms with Gasteiger partial charge in [-0.15, -0.1) is 0 Å². The van der Waals surface area contributed by atoms with Crippen LogP contribution in [-0.4, -0.2) is 12.5 Å². The zero-order valence-electron chi connectivity index (χ0n) is 20.8. The number of benzene rings is 5. The molecule has 0 spiro atoms. The highest BCUT2D eigenvalue weighted by Crippen LogP contribution is 2.46. The number of rotatable bonds is 1. The SMILES string of the molecule is C[Si](C)(C)c1cc2c3ccc4c5ccccc5oc4c3n3c2c(c1)c1ccc2c4ccccc4oc2c13. The summed E-state index contributed by atoms with van der Waals surface area (Å²) >= 11 is 0. The summed E-state index contributed by atoms with van der Waals surface area (Å²) in [6.07, 6.45) is 0. The molecule has 0 atom stereocenters. The molecule has 0 amide bonds. The molecule has 0 unspecified atom stereocenters. The van der Waals surface area contributed by atoms with E-state index in [0.29, 0.717) is 0 Å². The molecule has 9 rings (SSSR count). The van der Waals surface area contributed by atoms with Crippen LogP contribution in [0.5, 0.6) is 0 Å². The summed E-state index contributed by atoms with van der Waals surface area (Å²) < 4.78 is 15.6. The van der Waals surface area contributed by atoms with Crippen LogP contribution in [0.25, 0.3) is 82.0 Å². The van der Waals surface area contributed by atoms with Crippen LogP contribution in [-0.2, 0) is 0 Å². The van der Waals surface area contributed by atoms with Crippen LogP contribution in [0.15, 0.2) is 93.8 Å². The third kappa shape index (κ3) is 2.33. The molecular weight excluding hydrogens is 470 g/mol. The van der Waals surface area contributed by atoms with Crippen LogP contribution in [0.1, 0.15) is 0 Å². The summed E-state index contributed by atoms with van der Waals surface area (Å²) in [5, 5.41) is 11.2. The topological polar surface area (TPSA) is 30.7 Å². The lowest BCUT2D eigenvalue weighted by atomic mass is 10.0. The average Bonchev–Trinajstić information content (AvgIpc) is 3.63. The fraction of sp³-hybridized carbons (Fsp3) is 0.0909. The molecule has 37 heavy (non-hydrogen) atoms. The van der Waals surface area contributed by atoms with E-state index < -0.39 is 8.07 Å². The van der Waals surface area contributed by atoms with E-state index in [9.17, 15) is 0 Å². The minimum Gasteiger partial charge on any atom is -0.454 e. The van der Waals surface area contributed by atoms with Crippen molar-refractivity contribution < 1.29 is 8.83 Å². The van der Waals surface area contributed by atoms with Gasteiger partial charge in [0.2, 0.25) is 0 Å². The predicted octanol–water partition coefficient (Wildman–Crippen LogP) is 9.18. The van der Waals surface area contributed by atoms with Gasteiger partial charge in [0.05, 0.1) is 24.6 Å². The lowest BCUT2D eigenvalue weighted by Gasteiger charge is -2.17. The number of hydrogen-bond acceptors (Lipinski definition) is 2. The molecule has 0 aliphatic rings. The molecule has 0 N–H and O–H groups in total. The summed E-state index contributed by atoms with van der Waals surface area (Å²) in [7, 11) is -1.57. The fourth-order valence-corrected chi connectivity index (χ4v) is 7.64. The van der Waals surface area contributed by atoms with E-state index in [1.807, 2.05) is 12.1 Å². The molecule has 0 saturated carbocycles. The van der Waals surface area contributed by atoms with E-state index in [0.717, 1.165) is 54.9 Å². The van der Waals surface area contributed by atoms with Crippen molar-refractivity contribution in [2.45, 2.75) is 19.6 Å². The molecule has 176 valence electrons. The third-order valence-corrected chi connectivity index (χ3v) is 10.3. The van der Waals surface area contributed by atoms with Crippen molar-refractivity contribution in [2.24, 2.45) is 0 Å². The first kappa shape index (κ1) is 19.9. The molecule has 4 aromatic heterocycles. The van der Waals surface area contributed by atoms with Gasteiger partial charge in [-0.1, -0.05) is 85.5 Å². The Morgan fingerprint density at radius 3 is 1.43 bits per heavy atom. The van der Waals surface area contributed by atoms with Gasteiger partial charge in [0.25, 0.3) is 0 Å². The minimum absolute atomic E-state index is 0.922. The van der Waals surface area contributed by atoms with E-state index in [1.54, 1.807) is 0 Å². The zero-order valence-corrected chi connectivity index (χ0v) is 21.8. The van der Waals surface area contributed by atoms with Gasteiger partial charge in [-0.3, -0.25) is 0 Å². The first-order chi connectivity index (χ1) is 18.0. The van der Waals surface area contributed by atoms with Crippen molar-refractivity contribution in [3.05, 3.63) is 84.9 Å². The summed E-state index contributed by atoms with van der Waals surface area (Å²) in [5.74, 6) is 0. The van der Waals surface area contributed by atoms with Gasteiger partial charge in [-0.25, -0.2) is 0 Å². The molecule has 5 aromatic carbocycles. The van der Waals surface area contributed by atoms with Crippen LogP contribution < -0.4 is 5.19 Å². The second-order valence-electron chi connectivity index (χ2n) is 11.4. The molecule has 0 aliphatic carbocycles. The third-order valence-electron chi connectivity index (χ3n) is 8.27. The highest BCUT2D eigenvalue weighted by atomic mass is 28.3. The van der Waals surface area contributed by atoms with E-state index in [4.69, 9.17) is 8.83 Å². The van der Waals surface area contributed by atoms with Crippen LogP contribution in [0.3, 0.4) is 0 Å². The lowest BCUT2D eigenvalue weighted by molar-refractivity contribution is 0.670.